The fourth-order valence-electron chi connectivity index (χ4n) is 3.23. The topological polar surface area (TPSA) is 74.9 Å². The summed E-state index contributed by atoms with van der Waals surface area (Å²) in [6, 6.07) is 23.1. The number of rotatable bonds is 6. The molecule has 3 aromatic heterocycles. The first-order valence-corrected chi connectivity index (χ1v) is 9.23. The van der Waals surface area contributed by atoms with Crippen LogP contribution in [0.3, 0.4) is 0 Å². The van der Waals surface area contributed by atoms with Gasteiger partial charge in [-0.05, 0) is 42.0 Å². The zero-order chi connectivity index (χ0) is 20.8. The first-order chi connectivity index (χ1) is 14.8. The van der Waals surface area contributed by atoms with Crippen molar-refractivity contribution in [3.8, 4) is 11.9 Å². The lowest BCUT2D eigenvalue weighted by Crippen LogP contribution is -2.25. The van der Waals surface area contributed by atoms with Crippen LogP contribution in [0.2, 0.25) is 0 Å². The monoisotopic (exact) mass is 391 g/mol. The highest BCUT2D eigenvalue weighted by atomic mass is 16.5. The molecule has 0 aliphatic carbocycles. The molecule has 4 aromatic rings. The number of pyridine rings is 2. The molecule has 1 atom stereocenters. The number of ether oxygens (including phenoxy) is 1. The molecule has 144 valence electrons. The Balaban J connectivity index is 1.91. The van der Waals surface area contributed by atoms with Crippen molar-refractivity contribution >= 4 is 11.4 Å². The summed E-state index contributed by atoms with van der Waals surface area (Å²) >= 11 is 0. The molecule has 0 aliphatic heterocycles. The van der Waals surface area contributed by atoms with E-state index in [-0.39, 0.29) is 6.04 Å². The maximum Gasteiger partial charge on any atom is 0.213 e. The van der Waals surface area contributed by atoms with Crippen molar-refractivity contribution in [3.05, 3.63) is 108 Å². The van der Waals surface area contributed by atoms with Crippen LogP contribution in [-0.2, 0) is 0 Å². The Morgan fingerprint density at radius 1 is 1.00 bits per heavy atom. The number of methoxy groups -OCH3 is 1. The molecule has 0 spiro atoms. The summed E-state index contributed by atoms with van der Waals surface area (Å²) in [5.74, 6) is 0.529. The van der Waals surface area contributed by atoms with E-state index in [1.165, 1.54) is 0 Å². The van der Waals surface area contributed by atoms with E-state index in [0.29, 0.717) is 11.4 Å². The molecule has 0 N–H and O–H groups in total. The molecule has 3 heterocycles. The number of nitrogens with zero attached hydrogens (tertiary/aromatic N) is 5. The quantitative estimate of drug-likeness (QED) is 0.488. The van der Waals surface area contributed by atoms with Crippen LogP contribution >= 0.6 is 0 Å². The Bertz CT molecular complexity index is 1120. The molecule has 1 aromatic carbocycles. The first kappa shape index (κ1) is 18.9. The number of hydrogen-bond acceptors (Lipinski definition) is 6. The van der Waals surface area contributed by atoms with Gasteiger partial charge in [0.15, 0.2) is 0 Å². The second-order valence-electron chi connectivity index (χ2n) is 6.41. The fraction of sp³-hybridized carbons (Fsp3) is 0.0833. The largest absolute Gasteiger partial charge is 0.481 e. The third kappa shape index (κ3) is 3.89. The molecule has 0 aliphatic rings. The lowest BCUT2D eigenvalue weighted by Gasteiger charge is -2.33. The van der Waals surface area contributed by atoms with Gasteiger partial charge in [-0.2, -0.15) is 5.26 Å². The predicted octanol–water partition coefficient (Wildman–Crippen LogP) is 4.28. The Hall–Kier alpha value is -4.42. The molecule has 0 bridgehead atoms. The third-order valence-electron chi connectivity index (χ3n) is 4.61. The highest BCUT2D eigenvalue weighted by Crippen LogP contribution is 2.38. The number of anilines is 2. The van der Waals surface area contributed by atoms with Crippen molar-refractivity contribution in [1.82, 2.24) is 15.0 Å². The highest BCUT2D eigenvalue weighted by Gasteiger charge is 2.26. The van der Waals surface area contributed by atoms with Crippen LogP contribution in [0.5, 0.6) is 5.88 Å². The first-order valence-electron chi connectivity index (χ1n) is 9.23. The Kier molecular flexibility index (Phi) is 5.50. The van der Waals surface area contributed by atoms with Gasteiger partial charge in [0.1, 0.15) is 0 Å². The maximum absolute atomic E-state index is 9.19. The zero-order valence-electron chi connectivity index (χ0n) is 16.2. The van der Waals surface area contributed by atoms with Gasteiger partial charge in [0.2, 0.25) is 5.88 Å². The van der Waals surface area contributed by atoms with Crippen LogP contribution in [0.1, 0.15) is 22.7 Å². The summed E-state index contributed by atoms with van der Waals surface area (Å²) in [4.78, 5) is 15.0. The van der Waals surface area contributed by atoms with Crippen molar-refractivity contribution in [2.45, 2.75) is 6.04 Å². The third-order valence-corrected chi connectivity index (χ3v) is 4.61. The lowest BCUT2D eigenvalue weighted by molar-refractivity contribution is 0.398. The summed E-state index contributed by atoms with van der Waals surface area (Å²) in [6.07, 6.45) is 8.61. The van der Waals surface area contributed by atoms with E-state index < -0.39 is 0 Å². The SMILES string of the molecule is COc1ccc(N(c2cccnc2)C(c2c#ccnc2)c2ccc(C#N)cc2)cn1. The van der Waals surface area contributed by atoms with E-state index in [1.807, 2.05) is 36.4 Å². The molecule has 0 saturated heterocycles. The Morgan fingerprint density at radius 2 is 1.83 bits per heavy atom. The van der Waals surface area contributed by atoms with Crippen molar-refractivity contribution in [3.63, 3.8) is 0 Å². The summed E-state index contributed by atoms with van der Waals surface area (Å²) < 4.78 is 5.22. The van der Waals surface area contributed by atoms with Crippen molar-refractivity contribution in [1.29, 1.82) is 5.26 Å². The molecule has 0 fully saturated rings. The van der Waals surface area contributed by atoms with Gasteiger partial charge in [-0.25, -0.2) is 4.98 Å². The molecule has 6 heteroatoms. The second-order valence-corrected chi connectivity index (χ2v) is 6.41. The van der Waals surface area contributed by atoms with Gasteiger partial charge >= 0.3 is 0 Å². The molecular formula is C24H17N5O. The maximum atomic E-state index is 9.19. The van der Waals surface area contributed by atoms with Crippen LogP contribution in [0.4, 0.5) is 11.4 Å². The van der Waals surface area contributed by atoms with E-state index in [1.54, 1.807) is 50.2 Å². The summed E-state index contributed by atoms with van der Waals surface area (Å²) in [5, 5.41) is 9.19. The standard InChI is InChI=1S/C24H17N5O/c1-30-23-11-10-22(17-28-23)29(21-5-3-13-27-16-21)24(20-4-2-12-26-15-20)19-8-6-18(14-25)7-9-19/h3,5-13,15-17,24H,1H3. The highest BCUT2D eigenvalue weighted by molar-refractivity contribution is 5.65. The Labute approximate surface area is 175 Å². The molecule has 1 unspecified atom stereocenters. The van der Waals surface area contributed by atoms with E-state index in [9.17, 15) is 5.26 Å². The van der Waals surface area contributed by atoms with Crippen molar-refractivity contribution in [2.24, 2.45) is 0 Å². The molecular weight excluding hydrogens is 374 g/mol. The molecule has 0 amide bonds. The average Bonchev–Trinajstić information content (AvgIpc) is 2.84. The minimum atomic E-state index is -0.290. The Morgan fingerprint density at radius 3 is 2.43 bits per heavy atom. The smallest absolute Gasteiger partial charge is 0.213 e. The van der Waals surface area contributed by atoms with E-state index in [0.717, 1.165) is 22.5 Å². The molecule has 30 heavy (non-hydrogen) atoms. The van der Waals surface area contributed by atoms with Crippen LogP contribution in [-0.4, -0.2) is 22.1 Å². The van der Waals surface area contributed by atoms with Gasteiger partial charge < -0.3 is 9.64 Å². The summed E-state index contributed by atoms with van der Waals surface area (Å²) in [7, 11) is 1.58. The normalized spacial score (nSPS) is 11.1. The van der Waals surface area contributed by atoms with Gasteiger partial charge in [-0.3, -0.25) is 9.97 Å². The molecule has 6 nitrogen and oxygen atoms in total. The van der Waals surface area contributed by atoms with Gasteiger partial charge in [0, 0.05) is 24.0 Å². The molecule has 0 radical (unpaired) electrons. The van der Waals surface area contributed by atoms with Gasteiger partial charge in [0.25, 0.3) is 0 Å². The van der Waals surface area contributed by atoms with Gasteiger partial charge in [0.05, 0.1) is 54.7 Å². The van der Waals surface area contributed by atoms with Crippen LogP contribution in [0.25, 0.3) is 0 Å². The average molecular weight is 391 g/mol. The number of nitriles is 1. The number of benzene rings is 1. The molecule has 4 rings (SSSR count). The molecule has 0 saturated carbocycles. The van der Waals surface area contributed by atoms with Crippen molar-refractivity contribution < 1.29 is 4.74 Å². The summed E-state index contributed by atoms with van der Waals surface area (Å²) in [6.45, 7) is 0. The minimum absolute atomic E-state index is 0.290. The van der Waals surface area contributed by atoms with Crippen LogP contribution in [0.15, 0.2) is 79.5 Å². The van der Waals surface area contributed by atoms with E-state index in [2.05, 4.69) is 38.1 Å². The van der Waals surface area contributed by atoms with Crippen molar-refractivity contribution in [2.75, 3.05) is 12.0 Å². The minimum Gasteiger partial charge on any atom is -0.481 e. The number of hydrogen-bond donors (Lipinski definition) is 0. The second kappa shape index (κ2) is 8.72. The van der Waals surface area contributed by atoms with Gasteiger partial charge in [-0.1, -0.05) is 18.2 Å². The van der Waals surface area contributed by atoms with Gasteiger partial charge in [-0.15, -0.1) is 0 Å². The zero-order valence-corrected chi connectivity index (χ0v) is 16.2. The lowest BCUT2D eigenvalue weighted by atomic mass is 9.97. The van der Waals surface area contributed by atoms with E-state index >= 15 is 0 Å². The van der Waals surface area contributed by atoms with E-state index in [4.69, 9.17) is 4.74 Å². The summed E-state index contributed by atoms with van der Waals surface area (Å²) in [5.41, 5.74) is 4.10. The predicted molar refractivity (Wildman–Crippen MR) is 112 cm³/mol. The van der Waals surface area contributed by atoms with Crippen LogP contribution < -0.4 is 9.64 Å². The fourth-order valence-corrected chi connectivity index (χ4v) is 3.23. The number of aromatic nitrogens is 3. The van der Waals surface area contributed by atoms with Crippen LogP contribution in [0, 0.1) is 23.5 Å².